The molecule has 3 aromatic rings. The van der Waals surface area contributed by atoms with Crippen LogP contribution in [-0.4, -0.2) is 52.8 Å². The van der Waals surface area contributed by atoms with Gasteiger partial charge in [0.25, 0.3) is 0 Å². The van der Waals surface area contributed by atoms with Gasteiger partial charge in [0, 0.05) is 16.4 Å². The predicted octanol–water partition coefficient (Wildman–Crippen LogP) is 2.77. The van der Waals surface area contributed by atoms with Gasteiger partial charge < -0.3 is 5.32 Å². The van der Waals surface area contributed by atoms with Crippen molar-refractivity contribution in [3.05, 3.63) is 69.8 Å². The number of aryl methyl sites for hydroxylation is 1. The highest BCUT2D eigenvalue weighted by Gasteiger charge is 2.36. The van der Waals surface area contributed by atoms with E-state index in [1.54, 1.807) is 10.7 Å². The molecule has 0 aliphatic heterocycles. The third-order valence-electron chi connectivity index (χ3n) is 5.76. The Kier molecular flexibility index (Phi) is 7.59. The predicted molar refractivity (Wildman–Crippen MR) is 130 cm³/mol. The number of hydrogen-bond acceptors (Lipinski definition) is 8. The maximum absolute atomic E-state index is 14.6. The molecule has 2 heterocycles. The van der Waals surface area contributed by atoms with Crippen LogP contribution in [0.4, 0.5) is 10.2 Å². The molecule has 0 unspecified atom stereocenters. The van der Waals surface area contributed by atoms with Crippen molar-refractivity contribution in [2.45, 2.75) is 38.5 Å². The van der Waals surface area contributed by atoms with Crippen LogP contribution in [0.3, 0.4) is 0 Å². The molecular formula is C22H24BrFN6O4S. The van der Waals surface area contributed by atoms with Crippen LogP contribution < -0.4 is 10.5 Å². The van der Waals surface area contributed by atoms with Crippen molar-refractivity contribution < 1.29 is 21.8 Å². The minimum absolute atomic E-state index is 0.0980. The summed E-state index contributed by atoms with van der Waals surface area (Å²) in [6, 6.07) is 8.81. The lowest BCUT2D eigenvalue weighted by atomic mass is 10.1. The number of nitrogens with two attached hydrogens (primary N) is 1. The van der Waals surface area contributed by atoms with Crippen LogP contribution in [0.2, 0.25) is 0 Å². The summed E-state index contributed by atoms with van der Waals surface area (Å²) in [6.07, 6.45) is 1.73. The molecule has 3 N–H and O–H groups in total. The number of hydrogen-bond donors (Lipinski definition) is 2. The minimum Gasteiger partial charge on any atom is -0.364 e. The van der Waals surface area contributed by atoms with E-state index in [9.17, 15) is 17.6 Å². The summed E-state index contributed by atoms with van der Waals surface area (Å²) < 4.78 is 44.0. The molecule has 35 heavy (non-hydrogen) atoms. The Morgan fingerprint density at radius 1 is 1.34 bits per heavy atom. The van der Waals surface area contributed by atoms with E-state index in [1.807, 2.05) is 31.2 Å². The number of nitrogens with one attached hydrogen (secondary N) is 1. The van der Waals surface area contributed by atoms with Gasteiger partial charge in [-0.25, -0.2) is 19.5 Å². The first-order valence-corrected chi connectivity index (χ1v) is 13.1. The molecule has 1 fully saturated rings. The van der Waals surface area contributed by atoms with Crippen molar-refractivity contribution in [2.75, 3.05) is 11.9 Å². The highest BCUT2D eigenvalue weighted by molar-refractivity contribution is 9.10. The van der Waals surface area contributed by atoms with Crippen molar-refractivity contribution in [1.82, 2.24) is 19.7 Å². The van der Waals surface area contributed by atoms with E-state index in [0.717, 1.165) is 15.7 Å². The Morgan fingerprint density at radius 3 is 2.89 bits per heavy atom. The average Bonchev–Trinajstić information content (AvgIpc) is 3.34. The van der Waals surface area contributed by atoms with E-state index in [0.29, 0.717) is 6.54 Å². The second-order valence-corrected chi connectivity index (χ2v) is 10.6. The normalized spacial score (nSPS) is 20.2. The number of ketones is 1. The van der Waals surface area contributed by atoms with E-state index in [-0.39, 0.29) is 42.4 Å². The van der Waals surface area contributed by atoms with Crippen molar-refractivity contribution >= 4 is 37.8 Å². The van der Waals surface area contributed by atoms with Crippen LogP contribution in [0.15, 0.2) is 47.3 Å². The topological polar surface area (TPSA) is 142 Å². The third-order valence-corrected chi connectivity index (χ3v) is 6.72. The molecule has 3 atom stereocenters. The first kappa shape index (κ1) is 25.4. The standard InChI is InChI=1S/C22H24BrFN6O4S/c1-13-5-20(29-30(13)10-14-3-2-4-16(23)6-14)21(31)17-9-26-12-27-22(17)28-19-8-15(7-18(19)24)11-34-35(25,32)33/h2-6,9,12,15,18-19H,7-8,10-11H2,1H3,(H2,25,32,33)(H,26,27,28)/t15-,18+,19-/m1/s1. The molecule has 1 aliphatic carbocycles. The van der Waals surface area contributed by atoms with Gasteiger partial charge in [0.05, 0.1) is 24.8 Å². The zero-order valence-electron chi connectivity index (χ0n) is 18.8. The molecule has 2 aromatic heterocycles. The molecule has 1 aliphatic rings. The molecule has 10 nitrogen and oxygen atoms in total. The van der Waals surface area contributed by atoms with Crippen LogP contribution in [0.25, 0.3) is 0 Å². The number of rotatable bonds is 9. The van der Waals surface area contributed by atoms with Crippen LogP contribution in [-0.2, 0) is 21.0 Å². The van der Waals surface area contributed by atoms with Crippen LogP contribution in [0.5, 0.6) is 0 Å². The highest BCUT2D eigenvalue weighted by Crippen LogP contribution is 2.32. The molecule has 13 heteroatoms. The summed E-state index contributed by atoms with van der Waals surface area (Å²) in [6.45, 7) is 2.14. The SMILES string of the molecule is Cc1cc(C(=O)c2cncnc2N[C@@H]2C[C@H](COS(N)(=O)=O)C[C@@H]2F)nn1Cc1cccc(Br)c1. The lowest BCUT2D eigenvalue weighted by Gasteiger charge is -2.17. The molecule has 0 saturated heterocycles. The molecule has 0 amide bonds. The van der Waals surface area contributed by atoms with Gasteiger partial charge in [-0.2, -0.15) is 13.5 Å². The van der Waals surface area contributed by atoms with E-state index in [1.165, 1.54) is 12.5 Å². The molecular weight excluding hydrogens is 543 g/mol. The summed E-state index contributed by atoms with van der Waals surface area (Å²) in [7, 11) is -4.10. The first-order chi connectivity index (χ1) is 16.6. The van der Waals surface area contributed by atoms with Gasteiger partial charge >= 0.3 is 10.3 Å². The van der Waals surface area contributed by atoms with Gasteiger partial charge in [0.1, 0.15) is 24.0 Å². The quantitative estimate of drug-likeness (QED) is 0.376. The van der Waals surface area contributed by atoms with Gasteiger partial charge in [-0.15, -0.1) is 0 Å². The monoisotopic (exact) mass is 566 g/mol. The first-order valence-electron chi connectivity index (χ1n) is 10.8. The fourth-order valence-electron chi connectivity index (χ4n) is 4.08. The number of nitrogens with zero attached hydrogens (tertiary/aromatic N) is 4. The van der Waals surface area contributed by atoms with Crippen LogP contribution >= 0.6 is 15.9 Å². The Bertz CT molecular complexity index is 1330. The Balaban J connectivity index is 1.49. The Labute approximate surface area is 210 Å². The molecule has 0 radical (unpaired) electrons. The lowest BCUT2D eigenvalue weighted by molar-refractivity contribution is 0.103. The zero-order chi connectivity index (χ0) is 25.2. The fourth-order valence-corrected chi connectivity index (χ4v) is 4.90. The molecule has 186 valence electrons. The lowest BCUT2D eigenvalue weighted by Crippen LogP contribution is -2.27. The van der Waals surface area contributed by atoms with Crippen molar-refractivity contribution in [3.8, 4) is 0 Å². The van der Waals surface area contributed by atoms with E-state index < -0.39 is 28.3 Å². The van der Waals surface area contributed by atoms with E-state index in [4.69, 9.17) is 5.14 Å². The second-order valence-electron chi connectivity index (χ2n) is 8.45. The number of carbonyl (C=O) groups excluding carboxylic acids is 1. The molecule has 1 aromatic carbocycles. The summed E-state index contributed by atoms with van der Waals surface area (Å²) >= 11 is 3.45. The van der Waals surface area contributed by atoms with Gasteiger partial charge in [-0.1, -0.05) is 28.1 Å². The molecule has 4 rings (SSSR count). The van der Waals surface area contributed by atoms with Crippen molar-refractivity contribution in [2.24, 2.45) is 11.1 Å². The summed E-state index contributed by atoms with van der Waals surface area (Å²) in [4.78, 5) is 21.4. The van der Waals surface area contributed by atoms with Gasteiger partial charge in [-0.05, 0) is 49.4 Å². The van der Waals surface area contributed by atoms with Gasteiger partial charge in [0.2, 0.25) is 5.78 Å². The Morgan fingerprint density at radius 2 is 2.14 bits per heavy atom. The van der Waals surface area contributed by atoms with Gasteiger partial charge in [0.15, 0.2) is 0 Å². The summed E-state index contributed by atoms with van der Waals surface area (Å²) in [5.74, 6) is -0.560. The Hall–Kier alpha value is -2.74. The number of carbonyl (C=O) groups is 1. The van der Waals surface area contributed by atoms with Crippen molar-refractivity contribution in [1.29, 1.82) is 0 Å². The number of benzene rings is 1. The largest absolute Gasteiger partial charge is 0.364 e. The van der Waals surface area contributed by atoms with Crippen LogP contribution in [0.1, 0.15) is 40.2 Å². The molecule has 1 saturated carbocycles. The smallest absolute Gasteiger partial charge is 0.333 e. The third kappa shape index (κ3) is 6.48. The number of anilines is 1. The number of halogens is 2. The maximum atomic E-state index is 14.6. The number of aromatic nitrogens is 4. The molecule has 0 spiro atoms. The minimum atomic E-state index is -4.10. The number of alkyl halides is 1. The summed E-state index contributed by atoms with van der Waals surface area (Å²) in [5, 5.41) is 12.3. The van der Waals surface area contributed by atoms with Crippen molar-refractivity contribution in [3.63, 3.8) is 0 Å². The fraction of sp³-hybridized carbons (Fsp3) is 0.364. The second kappa shape index (κ2) is 10.5. The highest BCUT2D eigenvalue weighted by atomic mass is 79.9. The summed E-state index contributed by atoms with van der Waals surface area (Å²) in [5.41, 5.74) is 2.21. The zero-order valence-corrected chi connectivity index (χ0v) is 21.2. The van der Waals surface area contributed by atoms with Gasteiger partial charge in [-0.3, -0.25) is 13.7 Å². The maximum Gasteiger partial charge on any atom is 0.333 e. The average molecular weight is 567 g/mol. The van der Waals surface area contributed by atoms with E-state index >= 15 is 0 Å². The van der Waals surface area contributed by atoms with Crippen LogP contribution in [0, 0.1) is 12.8 Å². The van der Waals surface area contributed by atoms with E-state index in [2.05, 4.69) is 40.5 Å². The molecule has 0 bridgehead atoms.